The van der Waals surface area contributed by atoms with Crippen LogP contribution in [-0.2, 0) is 4.74 Å². The standard InChI is InChI=1S/C11H17NO2S/c1-8-5-9(12)3-4-11(8)15-7-10(13)6-14-2/h3-5,10,13H,6-7,12H2,1-2H3. The first-order chi connectivity index (χ1) is 7.13. The Bertz CT molecular complexity index is 317. The Morgan fingerprint density at radius 1 is 1.53 bits per heavy atom. The highest BCUT2D eigenvalue weighted by atomic mass is 32.2. The lowest BCUT2D eigenvalue weighted by molar-refractivity contribution is 0.0794. The van der Waals surface area contributed by atoms with Crippen molar-refractivity contribution in [1.29, 1.82) is 0 Å². The molecule has 0 heterocycles. The SMILES string of the molecule is COCC(O)CSc1ccc(N)cc1C. The molecule has 15 heavy (non-hydrogen) atoms. The average Bonchev–Trinajstić information content (AvgIpc) is 2.17. The highest BCUT2D eigenvalue weighted by Gasteiger charge is 2.06. The molecule has 1 atom stereocenters. The van der Waals surface area contributed by atoms with E-state index in [0.29, 0.717) is 12.4 Å². The molecular formula is C11H17NO2S. The molecule has 0 fully saturated rings. The molecular weight excluding hydrogens is 210 g/mol. The van der Waals surface area contributed by atoms with Crippen LogP contribution < -0.4 is 5.73 Å². The Hall–Kier alpha value is -0.710. The van der Waals surface area contributed by atoms with Gasteiger partial charge < -0.3 is 15.6 Å². The number of nitrogens with two attached hydrogens (primary N) is 1. The van der Waals surface area contributed by atoms with Crippen molar-refractivity contribution in [2.45, 2.75) is 17.9 Å². The Kier molecular flexibility index (Phi) is 4.94. The van der Waals surface area contributed by atoms with Gasteiger partial charge in [0.25, 0.3) is 0 Å². The van der Waals surface area contributed by atoms with Gasteiger partial charge in [-0.2, -0.15) is 0 Å². The summed E-state index contributed by atoms with van der Waals surface area (Å²) in [5, 5.41) is 9.49. The largest absolute Gasteiger partial charge is 0.399 e. The molecule has 3 N–H and O–H groups in total. The van der Waals surface area contributed by atoms with Crippen LogP contribution in [0.1, 0.15) is 5.56 Å². The zero-order valence-corrected chi connectivity index (χ0v) is 9.88. The smallest absolute Gasteiger partial charge is 0.0867 e. The highest BCUT2D eigenvalue weighted by Crippen LogP contribution is 2.24. The third-order valence-corrected chi connectivity index (χ3v) is 3.31. The van der Waals surface area contributed by atoms with Crippen LogP contribution in [0.2, 0.25) is 0 Å². The number of methoxy groups -OCH3 is 1. The molecule has 4 heteroatoms. The summed E-state index contributed by atoms with van der Waals surface area (Å²) in [7, 11) is 1.59. The third-order valence-electron chi connectivity index (χ3n) is 1.99. The maximum Gasteiger partial charge on any atom is 0.0867 e. The minimum atomic E-state index is -0.419. The molecule has 1 aromatic rings. The number of hydrogen-bond acceptors (Lipinski definition) is 4. The van der Waals surface area contributed by atoms with Gasteiger partial charge in [-0.25, -0.2) is 0 Å². The number of hydrogen-bond donors (Lipinski definition) is 2. The number of ether oxygens (including phenoxy) is 1. The van der Waals surface area contributed by atoms with Crippen molar-refractivity contribution in [1.82, 2.24) is 0 Å². The topological polar surface area (TPSA) is 55.5 Å². The molecule has 0 bridgehead atoms. The average molecular weight is 227 g/mol. The van der Waals surface area contributed by atoms with Gasteiger partial charge in [0, 0.05) is 23.4 Å². The minimum Gasteiger partial charge on any atom is -0.399 e. The molecule has 1 rings (SSSR count). The number of nitrogen functional groups attached to an aromatic ring is 1. The summed E-state index contributed by atoms with van der Waals surface area (Å²) in [6.07, 6.45) is -0.419. The van der Waals surface area contributed by atoms with Gasteiger partial charge in [-0.15, -0.1) is 11.8 Å². The van der Waals surface area contributed by atoms with Crippen LogP contribution in [0, 0.1) is 6.92 Å². The lowest BCUT2D eigenvalue weighted by Gasteiger charge is -2.10. The molecule has 1 unspecified atom stereocenters. The van der Waals surface area contributed by atoms with E-state index < -0.39 is 6.10 Å². The number of rotatable bonds is 5. The Morgan fingerprint density at radius 2 is 2.27 bits per heavy atom. The van der Waals surface area contributed by atoms with Crippen LogP contribution in [0.3, 0.4) is 0 Å². The number of aliphatic hydroxyl groups excluding tert-OH is 1. The van der Waals surface area contributed by atoms with Gasteiger partial charge in [0.05, 0.1) is 12.7 Å². The summed E-state index contributed by atoms with van der Waals surface area (Å²) in [4.78, 5) is 1.15. The first-order valence-corrected chi connectivity index (χ1v) is 5.78. The van der Waals surface area contributed by atoms with Crippen LogP contribution in [0.25, 0.3) is 0 Å². The zero-order valence-electron chi connectivity index (χ0n) is 9.06. The van der Waals surface area contributed by atoms with Crippen molar-refractivity contribution in [2.75, 3.05) is 25.2 Å². The van der Waals surface area contributed by atoms with E-state index in [9.17, 15) is 5.11 Å². The Morgan fingerprint density at radius 3 is 2.87 bits per heavy atom. The summed E-state index contributed by atoms with van der Waals surface area (Å²) in [6.45, 7) is 2.39. The van der Waals surface area contributed by atoms with Gasteiger partial charge in [0.1, 0.15) is 0 Å². The van der Waals surface area contributed by atoms with Crippen molar-refractivity contribution in [3.8, 4) is 0 Å². The molecule has 84 valence electrons. The first kappa shape index (κ1) is 12.4. The van der Waals surface area contributed by atoms with Gasteiger partial charge in [-0.05, 0) is 30.7 Å². The van der Waals surface area contributed by atoms with E-state index in [-0.39, 0.29) is 0 Å². The van der Waals surface area contributed by atoms with Crippen molar-refractivity contribution in [2.24, 2.45) is 0 Å². The molecule has 0 aromatic heterocycles. The van der Waals surface area contributed by atoms with Crippen molar-refractivity contribution >= 4 is 17.4 Å². The molecule has 0 radical (unpaired) electrons. The van der Waals surface area contributed by atoms with Gasteiger partial charge in [0.2, 0.25) is 0 Å². The van der Waals surface area contributed by atoms with E-state index in [1.807, 2.05) is 25.1 Å². The fourth-order valence-electron chi connectivity index (χ4n) is 1.26. The fourth-order valence-corrected chi connectivity index (χ4v) is 2.18. The molecule has 0 aliphatic rings. The maximum absolute atomic E-state index is 9.49. The van der Waals surface area contributed by atoms with Gasteiger partial charge in [-0.3, -0.25) is 0 Å². The predicted octanol–water partition coefficient (Wildman–Crippen LogP) is 1.68. The summed E-state index contributed by atoms with van der Waals surface area (Å²) in [5.74, 6) is 0.637. The molecule has 0 spiro atoms. The van der Waals surface area contributed by atoms with Crippen LogP contribution in [-0.4, -0.2) is 30.7 Å². The molecule has 0 amide bonds. The second-order valence-electron chi connectivity index (χ2n) is 3.45. The van der Waals surface area contributed by atoms with E-state index >= 15 is 0 Å². The van der Waals surface area contributed by atoms with Crippen molar-refractivity contribution in [3.63, 3.8) is 0 Å². The summed E-state index contributed by atoms with van der Waals surface area (Å²) >= 11 is 1.62. The molecule has 1 aromatic carbocycles. The van der Waals surface area contributed by atoms with Crippen molar-refractivity contribution < 1.29 is 9.84 Å². The second-order valence-corrected chi connectivity index (χ2v) is 4.51. The predicted molar refractivity (Wildman–Crippen MR) is 64.2 cm³/mol. The lowest BCUT2D eigenvalue weighted by Crippen LogP contribution is -2.16. The highest BCUT2D eigenvalue weighted by molar-refractivity contribution is 7.99. The maximum atomic E-state index is 9.49. The number of aryl methyl sites for hydroxylation is 1. The Labute approximate surface area is 94.6 Å². The van der Waals surface area contributed by atoms with Gasteiger partial charge >= 0.3 is 0 Å². The van der Waals surface area contributed by atoms with E-state index in [2.05, 4.69) is 0 Å². The van der Waals surface area contributed by atoms with Gasteiger partial charge in [0.15, 0.2) is 0 Å². The number of benzene rings is 1. The fraction of sp³-hybridized carbons (Fsp3) is 0.455. The number of aliphatic hydroxyl groups is 1. The van der Waals surface area contributed by atoms with E-state index in [0.717, 1.165) is 16.1 Å². The molecule has 3 nitrogen and oxygen atoms in total. The Balaban J connectivity index is 2.50. The zero-order chi connectivity index (χ0) is 11.3. The van der Waals surface area contributed by atoms with Crippen LogP contribution >= 0.6 is 11.8 Å². The molecule has 0 aliphatic carbocycles. The van der Waals surface area contributed by atoms with Crippen LogP contribution in [0.5, 0.6) is 0 Å². The van der Waals surface area contributed by atoms with E-state index in [4.69, 9.17) is 10.5 Å². The second kappa shape index (κ2) is 6.00. The lowest BCUT2D eigenvalue weighted by atomic mass is 10.2. The van der Waals surface area contributed by atoms with Crippen molar-refractivity contribution in [3.05, 3.63) is 23.8 Å². The molecule has 0 aliphatic heterocycles. The first-order valence-electron chi connectivity index (χ1n) is 4.79. The van der Waals surface area contributed by atoms with Crippen LogP contribution in [0.15, 0.2) is 23.1 Å². The normalized spacial score (nSPS) is 12.7. The number of anilines is 1. The minimum absolute atomic E-state index is 0.376. The summed E-state index contributed by atoms with van der Waals surface area (Å²) in [6, 6.07) is 5.79. The summed E-state index contributed by atoms with van der Waals surface area (Å²) < 4.78 is 4.86. The summed E-state index contributed by atoms with van der Waals surface area (Å²) in [5.41, 5.74) is 7.57. The molecule has 0 saturated carbocycles. The van der Waals surface area contributed by atoms with Gasteiger partial charge in [-0.1, -0.05) is 0 Å². The number of thioether (sulfide) groups is 1. The van der Waals surface area contributed by atoms with E-state index in [1.54, 1.807) is 18.9 Å². The van der Waals surface area contributed by atoms with Crippen LogP contribution in [0.4, 0.5) is 5.69 Å². The quantitative estimate of drug-likeness (QED) is 0.593. The monoisotopic (exact) mass is 227 g/mol. The molecule has 0 saturated heterocycles. The third kappa shape index (κ3) is 4.11. The van der Waals surface area contributed by atoms with E-state index in [1.165, 1.54) is 0 Å².